The molecule has 0 aromatic carbocycles. The van der Waals surface area contributed by atoms with Gasteiger partial charge in [-0.05, 0) is 26.8 Å². The average molecular weight is 276 g/mol. The Labute approximate surface area is 122 Å². The van der Waals surface area contributed by atoms with Gasteiger partial charge in [-0.25, -0.2) is 4.79 Å². The molecule has 0 heterocycles. The van der Waals surface area contributed by atoms with Crippen LogP contribution in [0.3, 0.4) is 0 Å². The number of allylic oxidation sites excluding steroid dienone is 4. The molecule has 2 atom stereocenters. The molecule has 110 valence electrons. The van der Waals surface area contributed by atoms with Gasteiger partial charge >= 0.3 is 5.97 Å². The SMILES string of the molecule is C#CC[C@@H](O)[C@H](C)C=C(C)C=C(C)C=C(C)C(=O)OC. The van der Waals surface area contributed by atoms with Gasteiger partial charge in [0.15, 0.2) is 0 Å². The third-order valence-corrected chi connectivity index (χ3v) is 2.87. The molecule has 0 unspecified atom stereocenters. The van der Waals surface area contributed by atoms with Crippen LogP contribution in [0.15, 0.2) is 34.9 Å². The van der Waals surface area contributed by atoms with Gasteiger partial charge in [0.25, 0.3) is 0 Å². The molecular weight excluding hydrogens is 252 g/mol. The molecule has 0 aromatic rings. The van der Waals surface area contributed by atoms with Crippen LogP contribution in [0, 0.1) is 18.3 Å². The van der Waals surface area contributed by atoms with E-state index >= 15 is 0 Å². The van der Waals surface area contributed by atoms with Crippen LogP contribution in [-0.4, -0.2) is 24.3 Å². The van der Waals surface area contributed by atoms with Gasteiger partial charge in [-0.3, -0.25) is 0 Å². The fraction of sp³-hybridized carbons (Fsp3) is 0.471. The van der Waals surface area contributed by atoms with Crippen LogP contribution < -0.4 is 0 Å². The van der Waals surface area contributed by atoms with Crippen LogP contribution in [-0.2, 0) is 9.53 Å². The third kappa shape index (κ3) is 6.96. The van der Waals surface area contributed by atoms with E-state index < -0.39 is 6.10 Å². The van der Waals surface area contributed by atoms with Gasteiger partial charge in [0.2, 0.25) is 0 Å². The molecule has 0 aliphatic rings. The van der Waals surface area contributed by atoms with E-state index in [2.05, 4.69) is 10.7 Å². The number of terminal acetylenes is 1. The lowest BCUT2D eigenvalue weighted by molar-refractivity contribution is -0.136. The first-order chi connectivity index (χ1) is 9.31. The number of esters is 1. The smallest absolute Gasteiger partial charge is 0.333 e. The first kappa shape index (κ1) is 18.2. The molecular formula is C17H24O3. The van der Waals surface area contributed by atoms with Crippen molar-refractivity contribution < 1.29 is 14.6 Å². The van der Waals surface area contributed by atoms with Crippen molar-refractivity contribution in [2.45, 2.75) is 40.2 Å². The van der Waals surface area contributed by atoms with E-state index in [1.54, 1.807) is 13.0 Å². The number of aliphatic hydroxyl groups is 1. The number of methoxy groups -OCH3 is 1. The standard InChI is InChI=1S/C17H24O3/c1-7-8-16(18)14(4)10-12(2)9-13(3)11-15(5)17(19)20-6/h1,9-11,14,16,18H,8H2,2-6H3/t14-,16-/m1/s1. The van der Waals surface area contributed by atoms with Crippen molar-refractivity contribution in [3.05, 3.63) is 34.9 Å². The zero-order valence-electron chi connectivity index (χ0n) is 12.9. The zero-order chi connectivity index (χ0) is 15.7. The molecule has 0 amide bonds. The van der Waals surface area contributed by atoms with E-state index in [0.717, 1.165) is 11.1 Å². The Bertz CT molecular complexity index is 461. The van der Waals surface area contributed by atoms with Crippen LogP contribution in [0.5, 0.6) is 0 Å². The lowest BCUT2D eigenvalue weighted by Gasteiger charge is -2.13. The average Bonchev–Trinajstić information content (AvgIpc) is 2.37. The van der Waals surface area contributed by atoms with Crippen molar-refractivity contribution in [2.24, 2.45) is 5.92 Å². The first-order valence-corrected chi connectivity index (χ1v) is 6.56. The van der Waals surface area contributed by atoms with Crippen LogP contribution in [0.1, 0.15) is 34.1 Å². The third-order valence-electron chi connectivity index (χ3n) is 2.87. The Kier molecular flexibility index (Phi) is 8.35. The van der Waals surface area contributed by atoms with Crippen molar-refractivity contribution in [3.8, 4) is 12.3 Å². The number of rotatable bonds is 6. The molecule has 3 heteroatoms. The molecule has 1 N–H and O–H groups in total. The molecule has 0 fully saturated rings. The van der Waals surface area contributed by atoms with Crippen molar-refractivity contribution in [1.82, 2.24) is 0 Å². The second kappa shape index (κ2) is 9.17. The predicted molar refractivity (Wildman–Crippen MR) is 81.9 cm³/mol. The van der Waals surface area contributed by atoms with Gasteiger partial charge in [0.05, 0.1) is 13.2 Å². The normalized spacial score (nSPS) is 16.4. The van der Waals surface area contributed by atoms with Crippen LogP contribution in [0.4, 0.5) is 0 Å². The predicted octanol–water partition coefficient (Wildman–Crippen LogP) is 3.02. The number of carbonyl (C=O) groups excluding carboxylic acids is 1. The van der Waals surface area contributed by atoms with E-state index in [4.69, 9.17) is 6.42 Å². The highest BCUT2D eigenvalue weighted by Gasteiger charge is 2.10. The summed E-state index contributed by atoms with van der Waals surface area (Å²) in [6, 6.07) is 0. The second-order valence-corrected chi connectivity index (χ2v) is 4.95. The topological polar surface area (TPSA) is 46.5 Å². The van der Waals surface area contributed by atoms with Crippen LogP contribution in [0.2, 0.25) is 0 Å². The minimum Gasteiger partial charge on any atom is -0.466 e. The largest absolute Gasteiger partial charge is 0.466 e. The first-order valence-electron chi connectivity index (χ1n) is 6.56. The summed E-state index contributed by atoms with van der Waals surface area (Å²) in [5.41, 5.74) is 2.51. The highest BCUT2D eigenvalue weighted by Crippen LogP contribution is 2.13. The molecule has 3 nitrogen and oxygen atoms in total. The quantitative estimate of drug-likeness (QED) is 0.351. The summed E-state index contributed by atoms with van der Waals surface area (Å²) < 4.78 is 4.64. The summed E-state index contributed by atoms with van der Waals surface area (Å²) in [6.07, 6.45) is 10.7. The molecule has 20 heavy (non-hydrogen) atoms. The molecule has 0 radical (unpaired) electrons. The fourth-order valence-electron chi connectivity index (χ4n) is 1.84. The van der Waals surface area contributed by atoms with Gasteiger partial charge in [-0.15, -0.1) is 12.3 Å². The van der Waals surface area contributed by atoms with Crippen LogP contribution >= 0.6 is 0 Å². The molecule has 0 aliphatic carbocycles. The Hall–Kier alpha value is -1.79. The summed E-state index contributed by atoms with van der Waals surface area (Å²) in [7, 11) is 1.36. The van der Waals surface area contributed by atoms with E-state index in [0.29, 0.717) is 12.0 Å². The second-order valence-electron chi connectivity index (χ2n) is 4.95. The Morgan fingerprint density at radius 3 is 2.40 bits per heavy atom. The number of hydrogen-bond donors (Lipinski definition) is 1. The van der Waals surface area contributed by atoms with Gasteiger partial charge < -0.3 is 9.84 Å². The number of aliphatic hydroxyl groups excluding tert-OH is 1. The summed E-state index contributed by atoms with van der Waals surface area (Å²) in [4.78, 5) is 11.3. The highest BCUT2D eigenvalue weighted by molar-refractivity contribution is 5.88. The maximum Gasteiger partial charge on any atom is 0.333 e. The summed E-state index contributed by atoms with van der Waals surface area (Å²) >= 11 is 0. The van der Waals surface area contributed by atoms with E-state index in [1.165, 1.54) is 7.11 Å². The summed E-state index contributed by atoms with van der Waals surface area (Å²) in [6.45, 7) is 7.49. The lowest BCUT2D eigenvalue weighted by atomic mass is 9.98. The summed E-state index contributed by atoms with van der Waals surface area (Å²) in [5.74, 6) is 2.10. The Balaban J connectivity index is 4.88. The highest BCUT2D eigenvalue weighted by atomic mass is 16.5. The van der Waals surface area contributed by atoms with Gasteiger partial charge in [-0.2, -0.15) is 0 Å². The van der Waals surface area contributed by atoms with E-state index in [-0.39, 0.29) is 11.9 Å². The molecule has 0 saturated carbocycles. The minimum atomic E-state index is -0.531. The number of carbonyl (C=O) groups is 1. The van der Waals surface area contributed by atoms with Crippen LogP contribution in [0.25, 0.3) is 0 Å². The van der Waals surface area contributed by atoms with Crippen molar-refractivity contribution in [2.75, 3.05) is 7.11 Å². The summed E-state index contributed by atoms with van der Waals surface area (Å²) in [5, 5.41) is 9.77. The zero-order valence-corrected chi connectivity index (χ0v) is 12.9. The molecule has 0 saturated heterocycles. The lowest BCUT2D eigenvalue weighted by Crippen LogP contribution is -2.14. The van der Waals surface area contributed by atoms with Gasteiger partial charge in [-0.1, -0.05) is 30.2 Å². The molecule has 0 bridgehead atoms. The van der Waals surface area contributed by atoms with Crippen molar-refractivity contribution in [1.29, 1.82) is 0 Å². The maximum atomic E-state index is 11.3. The minimum absolute atomic E-state index is 0.0132. The molecule has 0 aromatic heterocycles. The van der Waals surface area contributed by atoms with Crippen molar-refractivity contribution in [3.63, 3.8) is 0 Å². The van der Waals surface area contributed by atoms with Crippen molar-refractivity contribution >= 4 is 5.97 Å². The Morgan fingerprint density at radius 2 is 1.90 bits per heavy atom. The Morgan fingerprint density at radius 1 is 1.30 bits per heavy atom. The molecule has 0 rings (SSSR count). The fourth-order valence-corrected chi connectivity index (χ4v) is 1.84. The van der Waals surface area contributed by atoms with Gasteiger partial charge in [0, 0.05) is 17.9 Å². The van der Waals surface area contributed by atoms with Gasteiger partial charge in [0.1, 0.15) is 0 Å². The van der Waals surface area contributed by atoms with E-state index in [1.807, 2.05) is 32.9 Å². The van der Waals surface area contributed by atoms with E-state index in [9.17, 15) is 9.90 Å². The number of ether oxygens (including phenoxy) is 1. The number of hydrogen-bond acceptors (Lipinski definition) is 3. The molecule has 0 aliphatic heterocycles. The molecule has 0 spiro atoms. The monoisotopic (exact) mass is 276 g/mol. The maximum absolute atomic E-state index is 11.3.